The highest BCUT2D eigenvalue weighted by Crippen LogP contribution is 2.02. The van der Waals surface area contributed by atoms with Crippen LogP contribution in [-0.4, -0.2) is 28.0 Å². The van der Waals surface area contributed by atoms with Crippen LogP contribution < -0.4 is 5.32 Å². The van der Waals surface area contributed by atoms with E-state index in [2.05, 4.69) is 10.3 Å². The average molecular weight is 222 g/mol. The quantitative estimate of drug-likeness (QED) is 0.791. The predicted octanol–water partition coefficient (Wildman–Crippen LogP) is 0.847. The monoisotopic (exact) mass is 222 g/mol. The lowest BCUT2D eigenvalue weighted by atomic mass is 10.2. The highest BCUT2D eigenvalue weighted by Gasteiger charge is 2.15. The molecule has 0 bridgehead atoms. The van der Waals surface area contributed by atoms with Crippen molar-refractivity contribution in [2.24, 2.45) is 0 Å². The number of carboxylic acid groups (broad SMARTS) is 1. The minimum Gasteiger partial charge on any atom is -0.480 e. The minimum absolute atomic E-state index is 0.243. The fraction of sp³-hybridized carbons (Fsp3) is 0.364. The number of pyridine rings is 1. The van der Waals surface area contributed by atoms with Crippen molar-refractivity contribution in [2.45, 2.75) is 26.3 Å². The van der Waals surface area contributed by atoms with Crippen molar-refractivity contribution in [3.8, 4) is 0 Å². The van der Waals surface area contributed by atoms with Crippen LogP contribution in [0.3, 0.4) is 0 Å². The van der Waals surface area contributed by atoms with E-state index in [4.69, 9.17) is 5.11 Å². The summed E-state index contributed by atoms with van der Waals surface area (Å²) in [6.07, 6.45) is 2.34. The van der Waals surface area contributed by atoms with Gasteiger partial charge in [-0.15, -0.1) is 0 Å². The van der Waals surface area contributed by atoms with E-state index in [0.29, 0.717) is 0 Å². The van der Waals surface area contributed by atoms with Crippen molar-refractivity contribution in [3.63, 3.8) is 0 Å². The number of aromatic nitrogens is 1. The van der Waals surface area contributed by atoms with Crippen molar-refractivity contribution in [1.29, 1.82) is 0 Å². The Labute approximate surface area is 93.5 Å². The molecule has 0 saturated carbocycles. The van der Waals surface area contributed by atoms with E-state index in [1.165, 1.54) is 6.92 Å². The summed E-state index contributed by atoms with van der Waals surface area (Å²) in [6, 6.07) is 2.56. The first-order valence-corrected chi connectivity index (χ1v) is 5.03. The molecule has 1 rings (SSSR count). The molecule has 1 aromatic rings. The number of rotatable bonds is 4. The van der Waals surface area contributed by atoms with Crippen molar-refractivity contribution < 1.29 is 14.7 Å². The van der Waals surface area contributed by atoms with Gasteiger partial charge in [-0.2, -0.15) is 0 Å². The first-order valence-electron chi connectivity index (χ1n) is 5.03. The highest BCUT2D eigenvalue weighted by atomic mass is 16.4. The third kappa shape index (κ3) is 3.05. The maximum atomic E-state index is 11.6. The lowest BCUT2D eigenvalue weighted by Crippen LogP contribution is -2.38. The summed E-state index contributed by atoms with van der Waals surface area (Å²) >= 11 is 0. The first kappa shape index (κ1) is 12.2. The van der Waals surface area contributed by atoms with E-state index in [-0.39, 0.29) is 5.69 Å². The number of aryl methyl sites for hydroxylation is 1. The van der Waals surface area contributed by atoms with Crippen LogP contribution in [0.2, 0.25) is 0 Å². The highest BCUT2D eigenvalue weighted by molar-refractivity contribution is 5.94. The molecule has 0 saturated heterocycles. The number of carbonyl (C=O) groups is 2. The number of nitrogens with one attached hydrogen (secondary N) is 1. The molecule has 5 heteroatoms. The Bertz CT molecular complexity index is 404. The molecule has 0 fully saturated rings. The van der Waals surface area contributed by atoms with Gasteiger partial charge < -0.3 is 10.4 Å². The van der Waals surface area contributed by atoms with Crippen LogP contribution in [0.15, 0.2) is 18.3 Å². The van der Waals surface area contributed by atoms with Crippen LogP contribution >= 0.6 is 0 Å². The molecular formula is C11H14N2O3. The van der Waals surface area contributed by atoms with Crippen molar-refractivity contribution in [1.82, 2.24) is 10.3 Å². The topological polar surface area (TPSA) is 79.3 Å². The van der Waals surface area contributed by atoms with E-state index < -0.39 is 17.9 Å². The Kier molecular flexibility index (Phi) is 3.99. The van der Waals surface area contributed by atoms with E-state index in [0.717, 1.165) is 12.0 Å². The second kappa shape index (κ2) is 5.25. The van der Waals surface area contributed by atoms with E-state index in [1.807, 2.05) is 13.0 Å². The van der Waals surface area contributed by atoms with Crippen molar-refractivity contribution in [3.05, 3.63) is 29.6 Å². The molecule has 16 heavy (non-hydrogen) atoms. The molecule has 1 unspecified atom stereocenters. The maximum Gasteiger partial charge on any atom is 0.325 e. The molecular weight excluding hydrogens is 208 g/mol. The van der Waals surface area contributed by atoms with Gasteiger partial charge in [-0.25, -0.2) is 0 Å². The summed E-state index contributed by atoms with van der Waals surface area (Å²) in [4.78, 5) is 26.0. The largest absolute Gasteiger partial charge is 0.480 e. The van der Waals surface area contributed by atoms with E-state index >= 15 is 0 Å². The zero-order chi connectivity index (χ0) is 12.1. The van der Waals surface area contributed by atoms with Crippen LogP contribution in [0.5, 0.6) is 0 Å². The van der Waals surface area contributed by atoms with E-state index in [9.17, 15) is 9.59 Å². The fourth-order valence-electron chi connectivity index (χ4n) is 1.15. The number of aliphatic carboxylic acids is 1. The van der Waals surface area contributed by atoms with Gasteiger partial charge in [-0.05, 0) is 31.0 Å². The number of hydrogen-bond acceptors (Lipinski definition) is 3. The molecule has 0 radical (unpaired) electrons. The van der Waals surface area contributed by atoms with Crippen LogP contribution in [-0.2, 0) is 11.2 Å². The van der Waals surface area contributed by atoms with Gasteiger partial charge in [0.1, 0.15) is 11.7 Å². The van der Waals surface area contributed by atoms with Crippen molar-refractivity contribution >= 4 is 11.9 Å². The molecule has 1 atom stereocenters. The fourth-order valence-corrected chi connectivity index (χ4v) is 1.15. The molecule has 1 aromatic heterocycles. The molecule has 0 aliphatic carbocycles. The Hall–Kier alpha value is -1.91. The van der Waals surface area contributed by atoms with Gasteiger partial charge in [0.25, 0.3) is 5.91 Å². The molecule has 0 aromatic carbocycles. The second-order valence-corrected chi connectivity index (χ2v) is 3.44. The van der Waals surface area contributed by atoms with Gasteiger partial charge in [-0.1, -0.05) is 6.92 Å². The molecule has 86 valence electrons. The Morgan fingerprint density at radius 1 is 1.56 bits per heavy atom. The standard InChI is InChI=1S/C11H14N2O3/c1-3-8-4-5-12-9(6-8)10(14)13-7(2)11(15)16/h4-7H,3H2,1-2H3,(H,13,14)(H,15,16). The summed E-state index contributed by atoms with van der Waals surface area (Å²) in [5, 5.41) is 11.0. The minimum atomic E-state index is -1.07. The number of carbonyl (C=O) groups excluding carboxylic acids is 1. The first-order chi connectivity index (χ1) is 7.54. The normalized spacial score (nSPS) is 11.9. The SMILES string of the molecule is CCc1ccnc(C(=O)NC(C)C(=O)O)c1. The van der Waals surface area contributed by atoms with Crippen LogP contribution in [0.1, 0.15) is 29.9 Å². The molecule has 1 heterocycles. The Morgan fingerprint density at radius 2 is 2.25 bits per heavy atom. The van der Waals surface area contributed by atoms with Gasteiger partial charge in [0.05, 0.1) is 0 Å². The lowest BCUT2D eigenvalue weighted by molar-refractivity contribution is -0.138. The van der Waals surface area contributed by atoms with Gasteiger partial charge in [-0.3, -0.25) is 14.6 Å². The maximum absolute atomic E-state index is 11.6. The summed E-state index contributed by atoms with van der Waals surface area (Å²) < 4.78 is 0. The number of carboxylic acids is 1. The summed E-state index contributed by atoms with van der Waals surface area (Å²) in [7, 11) is 0. The van der Waals surface area contributed by atoms with Gasteiger partial charge in [0.15, 0.2) is 0 Å². The predicted molar refractivity (Wildman–Crippen MR) is 58.2 cm³/mol. The van der Waals surface area contributed by atoms with Crippen molar-refractivity contribution in [2.75, 3.05) is 0 Å². The molecule has 0 aliphatic rings. The summed E-state index contributed by atoms with van der Waals surface area (Å²) in [5.74, 6) is -1.54. The van der Waals surface area contributed by atoms with Crippen LogP contribution in [0, 0.1) is 0 Å². The number of hydrogen-bond donors (Lipinski definition) is 2. The summed E-state index contributed by atoms with van der Waals surface area (Å²) in [5.41, 5.74) is 1.23. The van der Waals surface area contributed by atoms with E-state index in [1.54, 1.807) is 12.3 Å². The Morgan fingerprint density at radius 3 is 2.81 bits per heavy atom. The number of nitrogens with zero attached hydrogens (tertiary/aromatic N) is 1. The van der Waals surface area contributed by atoms with Gasteiger partial charge in [0.2, 0.25) is 0 Å². The second-order valence-electron chi connectivity index (χ2n) is 3.44. The zero-order valence-electron chi connectivity index (χ0n) is 9.23. The molecule has 0 spiro atoms. The third-order valence-electron chi connectivity index (χ3n) is 2.18. The third-order valence-corrected chi connectivity index (χ3v) is 2.18. The lowest BCUT2D eigenvalue weighted by Gasteiger charge is -2.08. The summed E-state index contributed by atoms with van der Waals surface area (Å²) in [6.45, 7) is 3.38. The van der Waals surface area contributed by atoms with Gasteiger partial charge >= 0.3 is 5.97 Å². The van der Waals surface area contributed by atoms with Crippen LogP contribution in [0.4, 0.5) is 0 Å². The van der Waals surface area contributed by atoms with Crippen LogP contribution in [0.25, 0.3) is 0 Å². The smallest absolute Gasteiger partial charge is 0.325 e. The average Bonchev–Trinajstić information content (AvgIpc) is 2.28. The number of amides is 1. The zero-order valence-corrected chi connectivity index (χ0v) is 9.23. The Balaban J connectivity index is 2.76. The molecule has 1 amide bonds. The molecule has 0 aliphatic heterocycles. The molecule has 5 nitrogen and oxygen atoms in total. The molecule has 2 N–H and O–H groups in total. The van der Waals surface area contributed by atoms with Gasteiger partial charge in [0, 0.05) is 6.20 Å².